The van der Waals surface area contributed by atoms with E-state index in [1.807, 2.05) is 0 Å². The SMILES string of the molecule is CCN(CC(=O)OC)C1CCOC2(CCCC2)C1. The Bertz CT molecular complexity index is 287. The van der Waals surface area contributed by atoms with Crippen molar-refractivity contribution in [3.8, 4) is 0 Å². The number of esters is 1. The third-order valence-corrected chi connectivity index (χ3v) is 4.46. The Balaban J connectivity index is 1.95. The Kier molecular flexibility index (Phi) is 4.62. The van der Waals surface area contributed by atoms with E-state index in [-0.39, 0.29) is 11.6 Å². The summed E-state index contributed by atoms with van der Waals surface area (Å²) in [6, 6.07) is 0.473. The molecule has 0 radical (unpaired) electrons. The van der Waals surface area contributed by atoms with E-state index in [0.29, 0.717) is 12.6 Å². The molecule has 0 N–H and O–H groups in total. The Labute approximate surface area is 110 Å². The summed E-state index contributed by atoms with van der Waals surface area (Å²) in [6.45, 7) is 4.26. The molecular weight excluding hydrogens is 230 g/mol. The van der Waals surface area contributed by atoms with Crippen LogP contribution in [0.2, 0.25) is 0 Å². The fourth-order valence-electron chi connectivity index (χ4n) is 3.41. The number of hydrogen-bond donors (Lipinski definition) is 0. The zero-order valence-electron chi connectivity index (χ0n) is 11.6. The number of carbonyl (C=O) groups is 1. The predicted octanol–water partition coefficient (Wildman–Crippen LogP) is 1.97. The maximum atomic E-state index is 11.4. The van der Waals surface area contributed by atoms with Crippen LogP contribution in [0.15, 0.2) is 0 Å². The van der Waals surface area contributed by atoms with E-state index in [0.717, 1.165) is 26.0 Å². The first-order chi connectivity index (χ1) is 8.69. The van der Waals surface area contributed by atoms with Crippen molar-refractivity contribution in [1.82, 2.24) is 4.90 Å². The number of likely N-dealkylation sites (N-methyl/N-ethyl adjacent to an activating group) is 1. The summed E-state index contributed by atoms with van der Waals surface area (Å²) in [6.07, 6.45) is 7.08. The number of ether oxygens (including phenoxy) is 2. The number of hydrogen-bond acceptors (Lipinski definition) is 4. The molecule has 2 fully saturated rings. The lowest BCUT2D eigenvalue weighted by atomic mass is 9.88. The fraction of sp³-hybridized carbons (Fsp3) is 0.929. The second kappa shape index (κ2) is 6.02. The monoisotopic (exact) mass is 255 g/mol. The molecule has 1 aliphatic heterocycles. The van der Waals surface area contributed by atoms with Gasteiger partial charge >= 0.3 is 5.97 Å². The summed E-state index contributed by atoms with van der Waals surface area (Å²) in [5, 5.41) is 0. The van der Waals surface area contributed by atoms with Gasteiger partial charge in [-0.05, 0) is 32.2 Å². The standard InChI is InChI=1S/C14H25NO3/c1-3-15(11-13(16)17-2)12-6-9-18-14(10-12)7-4-5-8-14/h12H,3-11H2,1-2H3. The molecule has 104 valence electrons. The molecule has 0 aromatic rings. The van der Waals surface area contributed by atoms with E-state index < -0.39 is 0 Å². The van der Waals surface area contributed by atoms with Crippen molar-refractivity contribution in [1.29, 1.82) is 0 Å². The highest BCUT2D eigenvalue weighted by atomic mass is 16.5. The average molecular weight is 255 g/mol. The van der Waals surface area contributed by atoms with Gasteiger partial charge in [0.05, 0.1) is 19.3 Å². The van der Waals surface area contributed by atoms with E-state index in [2.05, 4.69) is 11.8 Å². The molecule has 4 heteroatoms. The molecular formula is C14H25NO3. The van der Waals surface area contributed by atoms with E-state index in [1.54, 1.807) is 0 Å². The molecule has 18 heavy (non-hydrogen) atoms. The van der Waals surface area contributed by atoms with E-state index >= 15 is 0 Å². The Hall–Kier alpha value is -0.610. The van der Waals surface area contributed by atoms with Crippen LogP contribution in [-0.4, -0.2) is 49.3 Å². The highest BCUT2D eigenvalue weighted by molar-refractivity contribution is 5.71. The lowest BCUT2D eigenvalue weighted by Crippen LogP contribution is -2.49. The molecule has 1 saturated heterocycles. The molecule has 1 unspecified atom stereocenters. The molecule has 0 bridgehead atoms. The Morgan fingerprint density at radius 2 is 2.17 bits per heavy atom. The summed E-state index contributed by atoms with van der Waals surface area (Å²) >= 11 is 0. The van der Waals surface area contributed by atoms with E-state index in [4.69, 9.17) is 9.47 Å². The highest BCUT2D eigenvalue weighted by Gasteiger charge is 2.41. The molecule has 1 atom stereocenters. The first-order valence-corrected chi connectivity index (χ1v) is 7.14. The molecule has 1 spiro atoms. The van der Waals surface area contributed by atoms with Crippen LogP contribution in [0.4, 0.5) is 0 Å². The van der Waals surface area contributed by atoms with Crippen LogP contribution < -0.4 is 0 Å². The van der Waals surface area contributed by atoms with Crippen molar-refractivity contribution in [2.45, 2.75) is 57.1 Å². The molecule has 2 rings (SSSR count). The Morgan fingerprint density at radius 3 is 2.78 bits per heavy atom. The summed E-state index contributed by atoms with van der Waals surface area (Å²) in [4.78, 5) is 13.7. The zero-order chi connectivity index (χ0) is 13.0. The van der Waals surface area contributed by atoms with Crippen LogP contribution in [0.3, 0.4) is 0 Å². The van der Waals surface area contributed by atoms with Gasteiger partial charge in [-0.25, -0.2) is 0 Å². The molecule has 0 amide bonds. The average Bonchev–Trinajstić information content (AvgIpc) is 2.83. The molecule has 0 aromatic heterocycles. The zero-order valence-corrected chi connectivity index (χ0v) is 11.6. The smallest absolute Gasteiger partial charge is 0.319 e. The normalized spacial score (nSPS) is 26.7. The third-order valence-electron chi connectivity index (χ3n) is 4.46. The first-order valence-electron chi connectivity index (χ1n) is 7.14. The first kappa shape index (κ1) is 13.8. The molecule has 1 aliphatic carbocycles. The van der Waals surface area contributed by atoms with Gasteiger partial charge in [0, 0.05) is 12.6 Å². The number of nitrogens with zero attached hydrogens (tertiary/aromatic N) is 1. The minimum absolute atomic E-state index is 0.118. The number of methoxy groups -OCH3 is 1. The molecule has 2 aliphatic rings. The summed E-state index contributed by atoms with van der Waals surface area (Å²) in [5.74, 6) is -0.135. The maximum absolute atomic E-state index is 11.4. The molecule has 1 saturated carbocycles. The van der Waals surface area contributed by atoms with Gasteiger partial charge < -0.3 is 9.47 Å². The molecule has 4 nitrogen and oxygen atoms in total. The number of carbonyl (C=O) groups excluding carboxylic acids is 1. The van der Waals surface area contributed by atoms with Gasteiger partial charge in [0.15, 0.2) is 0 Å². The van der Waals surface area contributed by atoms with Gasteiger partial charge in [0.25, 0.3) is 0 Å². The predicted molar refractivity (Wildman–Crippen MR) is 69.4 cm³/mol. The minimum atomic E-state index is -0.135. The molecule has 1 heterocycles. The highest BCUT2D eigenvalue weighted by Crippen LogP contribution is 2.41. The van der Waals surface area contributed by atoms with Crippen LogP contribution in [0.5, 0.6) is 0 Å². The largest absolute Gasteiger partial charge is 0.468 e. The van der Waals surface area contributed by atoms with Crippen LogP contribution in [-0.2, 0) is 14.3 Å². The fourth-order valence-corrected chi connectivity index (χ4v) is 3.41. The second-order valence-electron chi connectivity index (χ2n) is 5.52. The van der Waals surface area contributed by atoms with Crippen LogP contribution in [0.25, 0.3) is 0 Å². The van der Waals surface area contributed by atoms with Crippen LogP contribution in [0.1, 0.15) is 45.4 Å². The van der Waals surface area contributed by atoms with Gasteiger partial charge in [-0.3, -0.25) is 9.69 Å². The van der Waals surface area contributed by atoms with Gasteiger partial charge in [-0.1, -0.05) is 19.8 Å². The molecule has 0 aromatic carbocycles. The van der Waals surface area contributed by atoms with Crippen LogP contribution in [0, 0.1) is 0 Å². The third kappa shape index (κ3) is 3.04. The van der Waals surface area contributed by atoms with E-state index in [1.165, 1.54) is 32.8 Å². The lowest BCUT2D eigenvalue weighted by molar-refractivity contribution is -0.145. The van der Waals surface area contributed by atoms with Crippen molar-refractivity contribution in [2.75, 3.05) is 26.8 Å². The van der Waals surface area contributed by atoms with Crippen molar-refractivity contribution in [3.63, 3.8) is 0 Å². The van der Waals surface area contributed by atoms with Gasteiger partial charge in [0.1, 0.15) is 0 Å². The summed E-state index contributed by atoms with van der Waals surface area (Å²) in [5.41, 5.74) is 0.118. The second-order valence-corrected chi connectivity index (χ2v) is 5.52. The van der Waals surface area contributed by atoms with Crippen molar-refractivity contribution in [2.24, 2.45) is 0 Å². The maximum Gasteiger partial charge on any atom is 0.319 e. The number of rotatable bonds is 4. The minimum Gasteiger partial charge on any atom is -0.468 e. The van der Waals surface area contributed by atoms with Gasteiger partial charge in [-0.15, -0.1) is 0 Å². The summed E-state index contributed by atoms with van der Waals surface area (Å²) < 4.78 is 10.8. The summed E-state index contributed by atoms with van der Waals surface area (Å²) in [7, 11) is 1.46. The lowest BCUT2D eigenvalue weighted by Gasteiger charge is -2.42. The van der Waals surface area contributed by atoms with Crippen molar-refractivity contribution in [3.05, 3.63) is 0 Å². The van der Waals surface area contributed by atoms with E-state index in [9.17, 15) is 4.79 Å². The quantitative estimate of drug-likeness (QED) is 0.720. The van der Waals surface area contributed by atoms with Crippen molar-refractivity contribution >= 4 is 5.97 Å². The topological polar surface area (TPSA) is 38.8 Å². The van der Waals surface area contributed by atoms with Gasteiger partial charge in [0.2, 0.25) is 0 Å². The van der Waals surface area contributed by atoms with Crippen LogP contribution >= 0.6 is 0 Å². The van der Waals surface area contributed by atoms with Gasteiger partial charge in [-0.2, -0.15) is 0 Å². The van der Waals surface area contributed by atoms with Crippen molar-refractivity contribution < 1.29 is 14.3 Å². The Morgan fingerprint density at radius 1 is 1.44 bits per heavy atom.